The van der Waals surface area contributed by atoms with E-state index in [2.05, 4.69) is 5.32 Å². The van der Waals surface area contributed by atoms with Crippen LogP contribution in [0.15, 0.2) is 18.2 Å². The average molecular weight is 242 g/mol. The van der Waals surface area contributed by atoms with Gasteiger partial charge in [-0.1, -0.05) is 6.07 Å². The predicted molar refractivity (Wildman–Crippen MR) is 58.4 cm³/mol. The molecular formula is C12H13F3N2. The molecule has 2 nitrogen and oxygen atoms in total. The molecule has 0 aromatic heterocycles. The van der Waals surface area contributed by atoms with Gasteiger partial charge >= 0.3 is 6.18 Å². The molecule has 92 valence electrons. The molecule has 1 N–H and O–H groups in total. The number of hydrogen-bond acceptors (Lipinski definition) is 2. The van der Waals surface area contributed by atoms with Gasteiger partial charge in [0, 0.05) is 0 Å². The van der Waals surface area contributed by atoms with E-state index >= 15 is 0 Å². The third-order valence-electron chi connectivity index (χ3n) is 2.43. The van der Waals surface area contributed by atoms with E-state index in [9.17, 15) is 13.2 Å². The summed E-state index contributed by atoms with van der Waals surface area (Å²) in [6.07, 6.45) is -3.01. The molecule has 1 rings (SSSR count). The number of nitrogens with zero attached hydrogens (tertiary/aromatic N) is 1. The monoisotopic (exact) mass is 242 g/mol. The maximum Gasteiger partial charge on any atom is 0.416 e. The van der Waals surface area contributed by atoms with Gasteiger partial charge in [0.25, 0.3) is 0 Å². The van der Waals surface area contributed by atoms with Crippen molar-refractivity contribution in [3.63, 3.8) is 0 Å². The normalized spacial score (nSPS) is 11.2. The lowest BCUT2D eigenvalue weighted by Gasteiger charge is -2.09. The van der Waals surface area contributed by atoms with Crippen LogP contribution in [0.4, 0.5) is 13.2 Å². The van der Waals surface area contributed by atoms with E-state index in [1.165, 1.54) is 6.07 Å². The van der Waals surface area contributed by atoms with Crippen LogP contribution in [-0.4, -0.2) is 13.6 Å². The smallest absolute Gasteiger partial charge is 0.320 e. The Kier molecular flexibility index (Phi) is 4.53. The Morgan fingerprint density at radius 3 is 2.59 bits per heavy atom. The van der Waals surface area contributed by atoms with E-state index in [0.717, 1.165) is 25.1 Å². The summed E-state index contributed by atoms with van der Waals surface area (Å²) in [5.41, 5.74) is -0.00176. The Balaban J connectivity index is 2.91. The fourth-order valence-electron chi connectivity index (χ4n) is 1.53. The fraction of sp³-hybridized carbons (Fsp3) is 0.417. The zero-order chi connectivity index (χ0) is 12.9. The van der Waals surface area contributed by atoms with Crippen molar-refractivity contribution in [3.05, 3.63) is 34.9 Å². The summed E-state index contributed by atoms with van der Waals surface area (Å²) in [7, 11) is 1.80. The minimum Gasteiger partial charge on any atom is -0.320 e. The van der Waals surface area contributed by atoms with E-state index in [4.69, 9.17) is 5.26 Å². The van der Waals surface area contributed by atoms with Crippen molar-refractivity contribution in [3.8, 4) is 6.07 Å². The van der Waals surface area contributed by atoms with Gasteiger partial charge in [0.05, 0.1) is 17.2 Å². The van der Waals surface area contributed by atoms with Crippen LogP contribution in [0.5, 0.6) is 0 Å². The van der Waals surface area contributed by atoms with Crippen LogP contribution in [0, 0.1) is 11.3 Å². The third-order valence-corrected chi connectivity index (χ3v) is 2.43. The zero-order valence-corrected chi connectivity index (χ0v) is 9.43. The number of alkyl halides is 3. The Morgan fingerprint density at radius 1 is 1.35 bits per heavy atom. The number of hydrogen-bond donors (Lipinski definition) is 1. The Morgan fingerprint density at radius 2 is 2.06 bits per heavy atom. The number of rotatable bonds is 4. The zero-order valence-electron chi connectivity index (χ0n) is 9.43. The van der Waals surface area contributed by atoms with Gasteiger partial charge in [-0.2, -0.15) is 18.4 Å². The molecule has 0 atom stereocenters. The molecule has 5 heteroatoms. The van der Waals surface area contributed by atoms with Gasteiger partial charge in [-0.15, -0.1) is 0 Å². The van der Waals surface area contributed by atoms with E-state index in [1.807, 2.05) is 6.07 Å². The average Bonchev–Trinajstić information content (AvgIpc) is 2.28. The highest BCUT2D eigenvalue weighted by Gasteiger charge is 2.30. The molecule has 0 fully saturated rings. The molecule has 0 amide bonds. The summed E-state index contributed by atoms with van der Waals surface area (Å²) in [4.78, 5) is 0. The largest absolute Gasteiger partial charge is 0.416 e. The molecule has 0 unspecified atom stereocenters. The first kappa shape index (κ1) is 13.5. The summed E-state index contributed by atoms with van der Waals surface area (Å²) in [6, 6.07) is 5.14. The van der Waals surface area contributed by atoms with Crippen LogP contribution < -0.4 is 5.32 Å². The minimum atomic E-state index is -4.39. The van der Waals surface area contributed by atoms with Crippen LogP contribution in [0.3, 0.4) is 0 Å². The summed E-state index contributed by atoms with van der Waals surface area (Å²) in [5.74, 6) is 0. The molecule has 0 heterocycles. The molecule has 0 aliphatic heterocycles. The van der Waals surface area contributed by atoms with Gasteiger partial charge in [0.2, 0.25) is 0 Å². The fourth-order valence-corrected chi connectivity index (χ4v) is 1.53. The Labute approximate surface area is 98.1 Å². The van der Waals surface area contributed by atoms with Crippen LogP contribution in [0.2, 0.25) is 0 Å². The SMILES string of the molecule is CNCCCc1ccc(C(F)(F)F)cc1C#N. The number of nitriles is 1. The molecular weight excluding hydrogens is 229 g/mol. The lowest BCUT2D eigenvalue weighted by molar-refractivity contribution is -0.137. The number of benzene rings is 1. The van der Waals surface area contributed by atoms with Crippen LogP contribution >= 0.6 is 0 Å². The quantitative estimate of drug-likeness (QED) is 0.824. The molecule has 1 aromatic carbocycles. The van der Waals surface area contributed by atoms with Crippen molar-refractivity contribution in [1.82, 2.24) is 5.32 Å². The van der Waals surface area contributed by atoms with E-state index in [-0.39, 0.29) is 5.56 Å². The van der Waals surface area contributed by atoms with Crippen molar-refractivity contribution in [2.75, 3.05) is 13.6 Å². The molecule has 1 aromatic rings. The first-order valence-corrected chi connectivity index (χ1v) is 5.24. The predicted octanol–water partition coefficient (Wildman–Crippen LogP) is 2.73. The topological polar surface area (TPSA) is 35.8 Å². The van der Waals surface area contributed by atoms with Crippen molar-refractivity contribution >= 4 is 0 Å². The summed E-state index contributed by atoms with van der Waals surface area (Å²) in [6.45, 7) is 0.770. The van der Waals surface area contributed by atoms with Gasteiger partial charge in [-0.05, 0) is 44.1 Å². The molecule has 0 bridgehead atoms. The van der Waals surface area contributed by atoms with E-state index in [0.29, 0.717) is 12.0 Å². The molecule has 0 saturated carbocycles. The molecule has 0 aliphatic rings. The summed E-state index contributed by atoms with van der Waals surface area (Å²) in [5, 5.41) is 11.8. The number of aryl methyl sites for hydroxylation is 1. The van der Waals surface area contributed by atoms with Gasteiger partial charge in [0.15, 0.2) is 0 Å². The third kappa shape index (κ3) is 3.75. The molecule has 0 saturated heterocycles. The summed E-state index contributed by atoms with van der Waals surface area (Å²) < 4.78 is 37.3. The lowest BCUT2D eigenvalue weighted by atomic mass is 10.0. The molecule has 17 heavy (non-hydrogen) atoms. The molecule has 0 radical (unpaired) electrons. The van der Waals surface area contributed by atoms with Crippen molar-refractivity contribution < 1.29 is 13.2 Å². The second-order valence-electron chi connectivity index (χ2n) is 3.69. The standard InChI is InChI=1S/C12H13F3N2/c1-17-6-2-3-9-4-5-11(12(13,14)15)7-10(9)8-16/h4-5,7,17H,2-3,6H2,1H3. The Hall–Kier alpha value is -1.54. The first-order valence-electron chi connectivity index (χ1n) is 5.24. The maximum atomic E-state index is 12.4. The number of nitrogens with one attached hydrogen (secondary N) is 1. The van der Waals surface area contributed by atoms with Crippen LogP contribution in [0.1, 0.15) is 23.1 Å². The Bertz CT molecular complexity index is 419. The van der Waals surface area contributed by atoms with E-state index in [1.54, 1.807) is 7.05 Å². The first-order chi connectivity index (χ1) is 7.99. The second-order valence-corrected chi connectivity index (χ2v) is 3.69. The van der Waals surface area contributed by atoms with Crippen LogP contribution in [0.25, 0.3) is 0 Å². The number of halogens is 3. The lowest BCUT2D eigenvalue weighted by Crippen LogP contribution is -2.09. The molecule has 0 aliphatic carbocycles. The highest BCUT2D eigenvalue weighted by atomic mass is 19.4. The minimum absolute atomic E-state index is 0.107. The van der Waals surface area contributed by atoms with Gasteiger partial charge < -0.3 is 5.32 Å². The van der Waals surface area contributed by atoms with Crippen molar-refractivity contribution in [2.45, 2.75) is 19.0 Å². The molecule has 0 spiro atoms. The van der Waals surface area contributed by atoms with Gasteiger partial charge in [0.1, 0.15) is 0 Å². The van der Waals surface area contributed by atoms with Gasteiger partial charge in [-0.3, -0.25) is 0 Å². The van der Waals surface area contributed by atoms with Gasteiger partial charge in [-0.25, -0.2) is 0 Å². The van der Waals surface area contributed by atoms with Crippen LogP contribution in [-0.2, 0) is 12.6 Å². The maximum absolute atomic E-state index is 12.4. The second kappa shape index (κ2) is 5.69. The van der Waals surface area contributed by atoms with Crippen molar-refractivity contribution in [2.24, 2.45) is 0 Å². The highest BCUT2D eigenvalue weighted by Crippen LogP contribution is 2.30. The highest BCUT2D eigenvalue weighted by molar-refractivity contribution is 5.41. The van der Waals surface area contributed by atoms with E-state index < -0.39 is 11.7 Å². The van der Waals surface area contributed by atoms with Crippen molar-refractivity contribution in [1.29, 1.82) is 5.26 Å². The summed E-state index contributed by atoms with van der Waals surface area (Å²) >= 11 is 0.